The van der Waals surface area contributed by atoms with Gasteiger partial charge in [0.05, 0.1) is 24.1 Å². The maximum atomic E-state index is 13.9. The molecule has 2 aromatic carbocycles. The van der Waals surface area contributed by atoms with Gasteiger partial charge in [0, 0.05) is 11.0 Å². The third-order valence-electron chi connectivity index (χ3n) is 6.44. The number of rotatable bonds is 3. The number of nitrogens with two attached hydrogens (primary N) is 1. The summed E-state index contributed by atoms with van der Waals surface area (Å²) in [6.45, 7) is 0. The number of benzene rings is 2. The Labute approximate surface area is 169 Å². The van der Waals surface area contributed by atoms with Gasteiger partial charge in [0.1, 0.15) is 5.75 Å². The molecule has 0 saturated heterocycles. The van der Waals surface area contributed by atoms with E-state index < -0.39 is 0 Å². The van der Waals surface area contributed by atoms with Crippen LogP contribution in [0.1, 0.15) is 36.8 Å². The number of nitrogen functional groups attached to an aromatic ring is 1. The summed E-state index contributed by atoms with van der Waals surface area (Å²) in [5.74, 6) is 6.88. The van der Waals surface area contributed by atoms with Crippen LogP contribution in [0.2, 0.25) is 0 Å². The number of hydrogen-bond donors (Lipinski definition) is 2. The summed E-state index contributed by atoms with van der Waals surface area (Å²) >= 11 is 0. The van der Waals surface area contributed by atoms with E-state index in [0.717, 1.165) is 54.7 Å². The van der Waals surface area contributed by atoms with E-state index in [4.69, 9.17) is 15.6 Å². The Balaban J connectivity index is 1.81. The minimum Gasteiger partial charge on any atom is -0.497 e. The van der Waals surface area contributed by atoms with Crippen molar-refractivity contribution in [2.24, 2.45) is 5.84 Å². The molecule has 2 aliphatic rings. The van der Waals surface area contributed by atoms with Gasteiger partial charge >= 0.3 is 0 Å². The van der Waals surface area contributed by atoms with Gasteiger partial charge in [0.25, 0.3) is 5.56 Å². The number of hydrogen-bond acceptors (Lipinski definition) is 5. The third-order valence-corrected chi connectivity index (χ3v) is 6.44. The van der Waals surface area contributed by atoms with Crippen LogP contribution < -0.4 is 21.6 Å². The summed E-state index contributed by atoms with van der Waals surface area (Å²) in [4.78, 5) is 18.8. The van der Waals surface area contributed by atoms with Crippen molar-refractivity contribution in [3.8, 4) is 22.7 Å². The van der Waals surface area contributed by atoms with Crippen molar-refractivity contribution in [2.45, 2.75) is 37.5 Å². The molecule has 6 nitrogen and oxygen atoms in total. The normalized spacial score (nSPS) is 16.3. The first-order valence-electron chi connectivity index (χ1n) is 10.0. The fourth-order valence-electron chi connectivity index (χ4n) is 5.10. The molecule has 0 bridgehead atoms. The zero-order chi connectivity index (χ0) is 20.0. The summed E-state index contributed by atoms with van der Waals surface area (Å²) in [5, 5.41) is 0. The summed E-state index contributed by atoms with van der Waals surface area (Å²) in [6, 6.07) is 15.7. The highest BCUT2D eigenvalue weighted by atomic mass is 16.5. The Bertz CT molecular complexity index is 1130. The molecule has 2 aliphatic carbocycles. The van der Waals surface area contributed by atoms with Gasteiger partial charge in [-0.1, -0.05) is 37.1 Å². The van der Waals surface area contributed by atoms with E-state index in [1.54, 1.807) is 11.7 Å². The van der Waals surface area contributed by atoms with E-state index in [2.05, 4.69) is 23.6 Å². The van der Waals surface area contributed by atoms with E-state index in [0.29, 0.717) is 11.6 Å². The van der Waals surface area contributed by atoms with Crippen LogP contribution in [0.15, 0.2) is 53.3 Å². The Morgan fingerprint density at radius 3 is 2.52 bits per heavy atom. The zero-order valence-corrected chi connectivity index (χ0v) is 16.4. The number of hydrazine groups is 1. The van der Waals surface area contributed by atoms with Crippen LogP contribution in [0.25, 0.3) is 16.9 Å². The van der Waals surface area contributed by atoms with Gasteiger partial charge in [0.15, 0.2) is 0 Å². The summed E-state index contributed by atoms with van der Waals surface area (Å²) < 4.78 is 6.84. The molecule has 1 spiro atoms. The van der Waals surface area contributed by atoms with Crippen LogP contribution in [0.5, 0.6) is 5.75 Å². The second kappa shape index (κ2) is 6.74. The molecule has 1 saturated carbocycles. The number of fused-ring (bicyclic) bond motifs is 4. The van der Waals surface area contributed by atoms with E-state index in [1.807, 2.05) is 30.3 Å². The average molecular weight is 388 g/mol. The van der Waals surface area contributed by atoms with Crippen LogP contribution in [-0.4, -0.2) is 16.7 Å². The Morgan fingerprint density at radius 2 is 1.83 bits per heavy atom. The van der Waals surface area contributed by atoms with Gasteiger partial charge in [-0.25, -0.2) is 15.4 Å². The van der Waals surface area contributed by atoms with Gasteiger partial charge in [-0.2, -0.15) is 0 Å². The third kappa shape index (κ3) is 2.67. The fraction of sp³-hybridized carbons (Fsp3) is 0.304. The van der Waals surface area contributed by atoms with Gasteiger partial charge in [-0.15, -0.1) is 0 Å². The maximum absolute atomic E-state index is 13.9. The Kier molecular flexibility index (Phi) is 4.17. The highest BCUT2D eigenvalue weighted by Crippen LogP contribution is 2.49. The minimum atomic E-state index is -0.144. The smallest absolute Gasteiger partial charge is 0.263 e. The van der Waals surface area contributed by atoms with Gasteiger partial charge in [-0.05, 0) is 49.1 Å². The largest absolute Gasteiger partial charge is 0.497 e. The highest BCUT2D eigenvalue weighted by molar-refractivity contribution is 5.73. The predicted molar refractivity (Wildman–Crippen MR) is 113 cm³/mol. The first-order chi connectivity index (χ1) is 14.2. The molecule has 6 heteroatoms. The van der Waals surface area contributed by atoms with Crippen molar-refractivity contribution < 1.29 is 4.74 Å². The average Bonchev–Trinajstić information content (AvgIpc) is 3.22. The van der Waals surface area contributed by atoms with Gasteiger partial charge in [0.2, 0.25) is 5.95 Å². The first-order valence-corrected chi connectivity index (χ1v) is 10.0. The molecule has 0 atom stereocenters. The van der Waals surface area contributed by atoms with Crippen molar-refractivity contribution in [3.63, 3.8) is 0 Å². The monoisotopic (exact) mass is 388 g/mol. The molecule has 1 heterocycles. The van der Waals surface area contributed by atoms with Crippen molar-refractivity contribution in [2.75, 3.05) is 12.5 Å². The molecule has 5 rings (SSSR count). The predicted octanol–water partition coefficient (Wildman–Crippen LogP) is 3.56. The molecule has 0 radical (unpaired) electrons. The molecule has 0 aliphatic heterocycles. The lowest BCUT2D eigenvalue weighted by Crippen LogP contribution is -2.40. The molecular weight excluding hydrogens is 364 g/mol. The molecule has 0 unspecified atom stereocenters. The Morgan fingerprint density at radius 1 is 1.10 bits per heavy atom. The molecule has 148 valence electrons. The van der Waals surface area contributed by atoms with Crippen molar-refractivity contribution in [1.29, 1.82) is 0 Å². The number of methoxy groups -OCH3 is 1. The molecule has 29 heavy (non-hydrogen) atoms. The zero-order valence-electron chi connectivity index (χ0n) is 16.4. The molecule has 0 amide bonds. The van der Waals surface area contributed by atoms with Crippen LogP contribution in [0.3, 0.4) is 0 Å². The molecule has 3 aromatic rings. The molecule has 1 fully saturated rings. The second-order valence-corrected chi connectivity index (χ2v) is 7.96. The SMILES string of the molecule is COc1ccc(-n2c(NN)nc3c(c2=O)C2(CCCC2)Cc2ccccc2-3)cc1. The lowest BCUT2D eigenvalue weighted by atomic mass is 9.68. The van der Waals surface area contributed by atoms with Crippen molar-refractivity contribution in [1.82, 2.24) is 9.55 Å². The number of nitrogens with zero attached hydrogens (tertiary/aromatic N) is 2. The fourth-order valence-corrected chi connectivity index (χ4v) is 5.10. The Hall–Kier alpha value is -3.12. The lowest BCUT2D eigenvalue weighted by Gasteiger charge is -2.36. The number of nitrogens with one attached hydrogen (secondary N) is 1. The number of anilines is 1. The minimum absolute atomic E-state index is 0.0375. The van der Waals surface area contributed by atoms with E-state index in [1.165, 1.54) is 5.56 Å². The first kappa shape index (κ1) is 17.9. The topological polar surface area (TPSA) is 82.2 Å². The van der Waals surface area contributed by atoms with Gasteiger partial charge in [-0.3, -0.25) is 10.2 Å². The number of ether oxygens (including phenoxy) is 1. The molecule has 3 N–H and O–H groups in total. The standard InChI is InChI=1S/C23H24N4O2/c1-29-17-10-8-16(9-11-17)27-21(28)19-20(25-22(27)26-24)18-7-3-2-6-15(18)14-23(19)12-4-5-13-23/h2-3,6-11H,4-5,12-14,24H2,1H3,(H,25,26). The van der Waals surface area contributed by atoms with E-state index >= 15 is 0 Å². The maximum Gasteiger partial charge on any atom is 0.263 e. The van der Waals surface area contributed by atoms with Crippen molar-refractivity contribution >= 4 is 5.95 Å². The van der Waals surface area contributed by atoms with Crippen LogP contribution in [0.4, 0.5) is 5.95 Å². The van der Waals surface area contributed by atoms with Crippen LogP contribution >= 0.6 is 0 Å². The van der Waals surface area contributed by atoms with E-state index in [9.17, 15) is 4.79 Å². The lowest BCUT2D eigenvalue weighted by molar-refractivity contribution is 0.414. The summed E-state index contributed by atoms with van der Waals surface area (Å²) in [7, 11) is 1.62. The van der Waals surface area contributed by atoms with Crippen molar-refractivity contribution in [3.05, 3.63) is 70.0 Å². The van der Waals surface area contributed by atoms with Crippen LogP contribution in [0, 0.1) is 0 Å². The van der Waals surface area contributed by atoms with Crippen LogP contribution in [-0.2, 0) is 11.8 Å². The van der Waals surface area contributed by atoms with E-state index in [-0.39, 0.29) is 11.0 Å². The summed E-state index contributed by atoms with van der Waals surface area (Å²) in [5.41, 5.74) is 7.09. The number of aromatic nitrogens is 2. The molecular formula is C23H24N4O2. The highest BCUT2D eigenvalue weighted by Gasteiger charge is 2.44. The quantitative estimate of drug-likeness (QED) is 0.530. The summed E-state index contributed by atoms with van der Waals surface area (Å²) in [6.07, 6.45) is 5.21. The van der Waals surface area contributed by atoms with Gasteiger partial charge < -0.3 is 4.74 Å². The second-order valence-electron chi connectivity index (χ2n) is 7.96. The molecule has 1 aromatic heterocycles.